The van der Waals surface area contributed by atoms with Gasteiger partial charge >= 0.3 is 6.03 Å². The molecule has 0 aliphatic heterocycles. The molecular weight excluding hydrogens is 244 g/mol. The van der Waals surface area contributed by atoms with Crippen LogP contribution in [-0.2, 0) is 6.42 Å². The van der Waals surface area contributed by atoms with Gasteiger partial charge in [-0.15, -0.1) is 0 Å². The van der Waals surface area contributed by atoms with Gasteiger partial charge in [0.2, 0.25) is 0 Å². The maximum Gasteiger partial charge on any atom is 0.329 e. The topological polar surface area (TPSA) is 46.3 Å². The van der Waals surface area contributed by atoms with Crippen LogP contribution in [0.5, 0.6) is 0 Å². The summed E-state index contributed by atoms with van der Waals surface area (Å²) in [4.78, 5) is 11.1. The van der Waals surface area contributed by atoms with Gasteiger partial charge in [0.25, 0.3) is 0 Å². The van der Waals surface area contributed by atoms with Crippen molar-refractivity contribution in [2.45, 2.75) is 6.42 Å². The first-order valence-electron chi connectivity index (χ1n) is 5.66. The molecule has 3 nitrogen and oxygen atoms in total. The molecule has 2 aromatic carbocycles. The number of anilines is 1. The van der Waals surface area contributed by atoms with Gasteiger partial charge in [0.15, 0.2) is 0 Å². The molecular formula is C14H12N2OS. The van der Waals surface area contributed by atoms with E-state index >= 15 is 0 Å². The third kappa shape index (κ3) is 1.66. The van der Waals surface area contributed by atoms with Crippen molar-refractivity contribution in [1.82, 2.24) is 0 Å². The van der Waals surface area contributed by atoms with Gasteiger partial charge in [0.05, 0.1) is 5.69 Å². The fourth-order valence-electron chi connectivity index (χ4n) is 2.39. The number of rotatable bonds is 1. The molecule has 1 aliphatic rings. The van der Waals surface area contributed by atoms with E-state index in [4.69, 9.17) is 5.73 Å². The molecule has 3 rings (SSSR count). The van der Waals surface area contributed by atoms with Crippen LogP contribution in [0.25, 0.3) is 11.1 Å². The number of carbonyl (C=O) groups excluding carboxylic acids is 1. The fourth-order valence-corrected chi connectivity index (χ4v) is 2.51. The Labute approximate surface area is 111 Å². The Balaban J connectivity index is 2.06. The smallest absolute Gasteiger partial charge is 0.329 e. The van der Waals surface area contributed by atoms with Crippen LogP contribution in [0, 0.1) is 0 Å². The highest BCUT2D eigenvalue weighted by molar-refractivity contribution is 7.82. The van der Waals surface area contributed by atoms with Gasteiger partial charge in [-0.05, 0) is 40.8 Å². The summed E-state index contributed by atoms with van der Waals surface area (Å²) in [7, 11) is 0. The molecule has 0 aromatic heterocycles. The number of hydrogen-bond donors (Lipinski definition) is 2. The second kappa shape index (κ2) is 4.07. The van der Waals surface area contributed by atoms with Crippen LogP contribution >= 0.6 is 12.8 Å². The quantitative estimate of drug-likeness (QED) is 0.646. The Morgan fingerprint density at radius 1 is 1.11 bits per heavy atom. The summed E-state index contributed by atoms with van der Waals surface area (Å²) in [5.74, 6) is 0. The van der Waals surface area contributed by atoms with Crippen molar-refractivity contribution in [3.8, 4) is 11.1 Å². The van der Waals surface area contributed by atoms with Crippen molar-refractivity contribution < 1.29 is 4.79 Å². The zero-order chi connectivity index (χ0) is 12.7. The maximum atomic E-state index is 11.1. The molecule has 90 valence electrons. The molecule has 0 spiro atoms. The molecule has 0 fully saturated rings. The predicted octanol–water partition coefficient (Wildman–Crippen LogP) is 2.99. The molecule has 2 N–H and O–H groups in total. The summed E-state index contributed by atoms with van der Waals surface area (Å²) in [6.45, 7) is 0. The summed E-state index contributed by atoms with van der Waals surface area (Å²) in [5.41, 5.74) is 10.9. The van der Waals surface area contributed by atoms with E-state index in [0.29, 0.717) is 5.69 Å². The summed E-state index contributed by atoms with van der Waals surface area (Å²) in [5, 5.41) is 0. The third-order valence-electron chi connectivity index (χ3n) is 3.23. The average molecular weight is 256 g/mol. The standard InChI is InChI=1S/C14H12N2OS/c15-14(17)16(18)11-5-6-13-10(8-11)7-9-3-1-2-4-12(9)13/h1-6,8,18H,7H2,(H2,15,17). The average Bonchev–Trinajstić information content (AvgIpc) is 2.75. The van der Waals surface area contributed by atoms with Crippen molar-refractivity contribution in [1.29, 1.82) is 0 Å². The Hall–Kier alpha value is -1.94. The number of carbonyl (C=O) groups is 1. The molecule has 0 radical (unpaired) electrons. The number of nitrogens with zero attached hydrogens (tertiary/aromatic N) is 1. The lowest BCUT2D eigenvalue weighted by molar-refractivity contribution is 0.257. The Morgan fingerprint density at radius 2 is 1.83 bits per heavy atom. The molecule has 2 amide bonds. The second-order valence-corrected chi connectivity index (χ2v) is 4.73. The number of hydrogen-bond acceptors (Lipinski definition) is 2. The van der Waals surface area contributed by atoms with Crippen molar-refractivity contribution in [2.24, 2.45) is 5.73 Å². The van der Waals surface area contributed by atoms with Crippen LogP contribution in [0.3, 0.4) is 0 Å². The molecule has 0 unspecified atom stereocenters. The summed E-state index contributed by atoms with van der Waals surface area (Å²) in [6, 6.07) is 13.6. The van der Waals surface area contributed by atoms with Gasteiger partial charge < -0.3 is 5.73 Å². The SMILES string of the molecule is NC(=O)N(S)c1ccc2c(c1)Cc1ccccc1-2. The molecule has 4 heteroatoms. The summed E-state index contributed by atoms with van der Waals surface area (Å²) in [6.07, 6.45) is 0.889. The molecule has 0 saturated heterocycles. The van der Waals surface area contributed by atoms with Gasteiger partial charge in [0, 0.05) is 0 Å². The lowest BCUT2D eigenvalue weighted by Gasteiger charge is -2.13. The van der Waals surface area contributed by atoms with E-state index in [9.17, 15) is 4.79 Å². The minimum absolute atomic E-state index is 0.575. The van der Waals surface area contributed by atoms with Crippen molar-refractivity contribution in [2.75, 3.05) is 4.31 Å². The molecule has 1 aliphatic carbocycles. The number of benzene rings is 2. The minimum Gasteiger partial charge on any atom is -0.350 e. The van der Waals surface area contributed by atoms with Gasteiger partial charge in [0.1, 0.15) is 0 Å². The van der Waals surface area contributed by atoms with E-state index in [1.54, 1.807) is 0 Å². The highest BCUT2D eigenvalue weighted by Crippen LogP contribution is 2.38. The van der Waals surface area contributed by atoms with Crippen LogP contribution < -0.4 is 10.0 Å². The van der Waals surface area contributed by atoms with Crippen LogP contribution in [0.1, 0.15) is 11.1 Å². The monoisotopic (exact) mass is 256 g/mol. The van der Waals surface area contributed by atoms with Crippen LogP contribution in [0.15, 0.2) is 42.5 Å². The molecule has 0 atom stereocenters. The Bertz CT molecular complexity index is 639. The van der Waals surface area contributed by atoms with Crippen LogP contribution in [0.4, 0.5) is 10.5 Å². The lowest BCUT2D eigenvalue weighted by atomic mass is 10.1. The fraction of sp³-hybridized carbons (Fsp3) is 0.0714. The largest absolute Gasteiger partial charge is 0.350 e. The summed E-state index contributed by atoms with van der Waals surface area (Å²) < 4.78 is 1.16. The van der Waals surface area contributed by atoms with Crippen LogP contribution in [0.2, 0.25) is 0 Å². The molecule has 0 heterocycles. The van der Waals surface area contributed by atoms with Crippen LogP contribution in [-0.4, -0.2) is 6.03 Å². The highest BCUT2D eigenvalue weighted by atomic mass is 32.1. The van der Waals surface area contributed by atoms with E-state index in [1.165, 1.54) is 22.3 Å². The first-order valence-corrected chi connectivity index (χ1v) is 6.06. The van der Waals surface area contributed by atoms with Gasteiger partial charge in [-0.3, -0.25) is 0 Å². The first kappa shape index (κ1) is 11.2. The van der Waals surface area contributed by atoms with Crippen molar-refractivity contribution >= 4 is 24.5 Å². The van der Waals surface area contributed by atoms with E-state index < -0.39 is 6.03 Å². The second-order valence-electron chi connectivity index (χ2n) is 4.33. The van der Waals surface area contributed by atoms with E-state index in [-0.39, 0.29) is 0 Å². The number of amides is 2. The van der Waals surface area contributed by atoms with Crippen molar-refractivity contribution in [3.05, 3.63) is 53.6 Å². The van der Waals surface area contributed by atoms with E-state index in [2.05, 4.69) is 24.9 Å². The number of urea groups is 1. The maximum absolute atomic E-state index is 11.1. The van der Waals surface area contributed by atoms with E-state index in [0.717, 1.165) is 10.7 Å². The number of primary amides is 1. The molecule has 0 bridgehead atoms. The first-order chi connectivity index (χ1) is 8.66. The number of nitrogens with two attached hydrogens (primary N) is 1. The third-order valence-corrected chi connectivity index (χ3v) is 3.66. The van der Waals surface area contributed by atoms with E-state index in [1.807, 2.05) is 30.3 Å². The zero-order valence-corrected chi connectivity index (χ0v) is 10.5. The normalized spacial score (nSPS) is 11.8. The Kier molecular flexibility index (Phi) is 2.52. The minimum atomic E-state index is -0.575. The molecule has 2 aromatic rings. The zero-order valence-electron chi connectivity index (χ0n) is 9.63. The molecule has 0 saturated carbocycles. The highest BCUT2D eigenvalue weighted by Gasteiger charge is 2.19. The predicted molar refractivity (Wildman–Crippen MR) is 75.7 cm³/mol. The van der Waals surface area contributed by atoms with Gasteiger partial charge in [-0.1, -0.05) is 43.1 Å². The lowest BCUT2D eigenvalue weighted by Crippen LogP contribution is -2.27. The molecule has 18 heavy (non-hydrogen) atoms. The number of fused-ring (bicyclic) bond motifs is 3. The Morgan fingerprint density at radius 3 is 2.61 bits per heavy atom. The number of thiol groups is 1. The van der Waals surface area contributed by atoms with Gasteiger partial charge in [-0.2, -0.15) is 0 Å². The van der Waals surface area contributed by atoms with Crippen molar-refractivity contribution in [3.63, 3.8) is 0 Å². The summed E-state index contributed by atoms with van der Waals surface area (Å²) >= 11 is 4.08. The van der Waals surface area contributed by atoms with Gasteiger partial charge in [-0.25, -0.2) is 9.10 Å².